The Kier molecular flexibility index (Phi) is 3.95. The number of anilines is 1. The fraction of sp³-hybridized carbons (Fsp3) is 0.625. The largest absolute Gasteiger partial charge is 0.341 e. The van der Waals surface area contributed by atoms with Gasteiger partial charge in [-0.3, -0.25) is 0 Å². The second-order valence-corrected chi connectivity index (χ2v) is 6.48. The van der Waals surface area contributed by atoms with Crippen LogP contribution in [0.3, 0.4) is 0 Å². The van der Waals surface area contributed by atoms with E-state index in [0.29, 0.717) is 6.04 Å². The van der Waals surface area contributed by atoms with Crippen LogP contribution in [0.4, 0.5) is 5.95 Å². The van der Waals surface area contributed by atoms with E-state index in [1.54, 1.807) is 0 Å². The first-order valence-electron chi connectivity index (χ1n) is 8.47. The second-order valence-electron chi connectivity index (χ2n) is 6.48. The molecule has 1 saturated heterocycles. The summed E-state index contributed by atoms with van der Waals surface area (Å²) in [5, 5.41) is 12.0. The highest BCUT2D eigenvalue weighted by Crippen LogP contribution is 2.16. The Morgan fingerprint density at radius 1 is 1.17 bits per heavy atom. The van der Waals surface area contributed by atoms with Gasteiger partial charge in [0.2, 0.25) is 5.95 Å². The van der Waals surface area contributed by atoms with Crippen LogP contribution < -0.4 is 10.2 Å². The van der Waals surface area contributed by atoms with E-state index in [-0.39, 0.29) is 0 Å². The van der Waals surface area contributed by atoms with E-state index in [2.05, 4.69) is 34.9 Å². The first-order chi connectivity index (χ1) is 11.3. The molecule has 2 aliphatic heterocycles. The molecule has 7 heteroatoms. The summed E-state index contributed by atoms with van der Waals surface area (Å²) in [7, 11) is 0. The van der Waals surface area contributed by atoms with Crippen LogP contribution in [0.1, 0.15) is 36.5 Å². The zero-order valence-corrected chi connectivity index (χ0v) is 13.6. The van der Waals surface area contributed by atoms with Gasteiger partial charge in [0.1, 0.15) is 11.6 Å². The standard InChI is InChI=1S/C16H23N7/c1-12-20-21-15-5-4-14(11-23(12)15)17-8-13-9-18-16(19-10-13)22-6-2-3-7-22/h9-10,14,17H,2-8,11H2,1H3/t14-/m0/s1. The molecule has 0 amide bonds. The van der Waals surface area contributed by atoms with E-state index in [1.165, 1.54) is 12.8 Å². The maximum Gasteiger partial charge on any atom is 0.225 e. The number of nitrogens with one attached hydrogen (secondary N) is 1. The summed E-state index contributed by atoms with van der Waals surface area (Å²) in [5.74, 6) is 2.98. The van der Waals surface area contributed by atoms with Gasteiger partial charge in [0, 0.05) is 56.6 Å². The average Bonchev–Trinajstić information content (AvgIpc) is 3.24. The van der Waals surface area contributed by atoms with Crippen molar-refractivity contribution in [2.75, 3.05) is 18.0 Å². The van der Waals surface area contributed by atoms with Gasteiger partial charge in [-0.1, -0.05) is 0 Å². The third kappa shape index (κ3) is 3.06. The van der Waals surface area contributed by atoms with Crippen molar-refractivity contribution in [2.45, 2.75) is 51.7 Å². The lowest BCUT2D eigenvalue weighted by Gasteiger charge is -2.25. The van der Waals surface area contributed by atoms with E-state index in [9.17, 15) is 0 Å². The van der Waals surface area contributed by atoms with E-state index in [0.717, 1.165) is 62.2 Å². The van der Waals surface area contributed by atoms with E-state index < -0.39 is 0 Å². The number of hydrogen-bond donors (Lipinski definition) is 1. The van der Waals surface area contributed by atoms with Gasteiger partial charge >= 0.3 is 0 Å². The van der Waals surface area contributed by atoms with E-state index in [1.807, 2.05) is 19.3 Å². The molecule has 4 heterocycles. The van der Waals surface area contributed by atoms with Crippen LogP contribution in [-0.4, -0.2) is 43.9 Å². The first kappa shape index (κ1) is 14.6. The highest BCUT2D eigenvalue weighted by Gasteiger charge is 2.21. The smallest absolute Gasteiger partial charge is 0.225 e. The third-order valence-corrected chi connectivity index (χ3v) is 4.81. The molecular weight excluding hydrogens is 290 g/mol. The first-order valence-corrected chi connectivity index (χ1v) is 8.47. The molecule has 0 saturated carbocycles. The van der Waals surface area contributed by atoms with Crippen molar-refractivity contribution in [3.63, 3.8) is 0 Å². The molecular formula is C16H23N7. The molecule has 23 heavy (non-hydrogen) atoms. The minimum absolute atomic E-state index is 0.454. The van der Waals surface area contributed by atoms with Crippen LogP contribution in [0.25, 0.3) is 0 Å². The molecule has 1 atom stereocenters. The third-order valence-electron chi connectivity index (χ3n) is 4.81. The topological polar surface area (TPSA) is 71.8 Å². The molecule has 0 spiro atoms. The summed E-state index contributed by atoms with van der Waals surface area (Å²) in [6.45, 7) is 5.94. The summed E-state index contributed by atoms with van der Waals surface area (Å²) in [4.78, 5) is 11.3. The molecule has 2 aromatic heterocycles. The number of aromatic nitrogens is 5. The molecule has 1 N–H and O–H groups in total. The van der Waals surface area contributed by atoms with Gasteiger partial charge in [0.15, 0.2) is 0 Å². The Morgan fingerprint density at radius 2 is 1.96 bits per heavy atom. The minimum Gasteiger partial charge on any atom is -0.341 e. The molecule has 0 unspecified atom stereocenters. The molecule has 2 aliphatic rings. The van der Waals surface area contributed by atoms with Gasteiger partial charge in [-0.2, -0.15) is 0 Å². The maximum absolute atomic E-state index is 4.52. The second kappa shape index (κ2) is 6.23. The zero-order valence-electron chi connectivity index (χ0n) is 13.6. The predicted molar refractivity (Wildman–Crippen MR) is 87.2 cm³/mol. The monoisotopic (exact) mass is 313 g/mol. The van der Waals surface area contributed by atoms with Crippen molar-refractivity contribution in [2.24, 2.45) is 0 Å². The minimum atomic E-state index is 0.454. The lowest BCUT2D eigenvalue weighted by atomic mass is 10.1. The predicted octanol–water partition coefficient (Wildman–Crippen LogP) is 1.08. The normalized spacial score (nSPS) is 20.7. The van der Waals surface area contributed by atoms with Crippen molar-refractivity contribution in [3.8, 4) is 0 Å². The van der Waals surface area contributed by atoms with Crippen molar-refractivity contribution < 1.29 is 0 Å². The van der Waals surface area contributed by atoms with Crippen LogP contribution in [0.2, 0.25) is 0 Å². The summed E-state index contributed by atoms with van der Waals surface area (Å²) < 4.78 is 2.22. The summed E-state index contributed by atoms with van der Waals surface area (Å²) in [5.41, 5.74) is 1.14. The van der Waals surface area contributed by atoms with Gasteiger partial charge in [-0.05, 0) is 26.2 Å². The van der Waals surface area contributed by atoms with Crippen molar-refractivity contribution in [3.05, 3.63) is 29.6 Å². The molecule has 0 aliphatic carbocycles. The van der Waals surface area contributed by atoms with Gasteiger partial charge in [-0.15, -0.1) is 10.2 Å². The molecule has 122 valence electrons. The number of nitrogens with zero attached hydrogens (tertiary/aromatic N) is 6. The van der Waals surface area contributed by atoms with E-state index in [4.69, 9.17) is 0 Å². The van der Waals surface area contributed by atoms with Gasteiger partial charge < -0.3 is 14.8 Å². The van der Waals surface area contributed by atoms with Crippen LogP contribution in [-0.2, 0) is 19.5 Å². The number of rotatable bonds is 4. The lowest BCUT2D eigenvalue weighted by molar-refractivity contribution is 0.375. The summed E-state index contributed by atoms with van der Waals surface area (Å²) >= 11 is 0. The SMILES string of the molecule is Cc1nnc2n1C[C@@H](NCc1cnc(N3CCCC3)nc1)CC2. The molecule has 2 aromatic rings. The Morgan fingerprint density at radius 3 is 2.74 bits per heavy atom. The summed E-state index contributed by atoms with van der Waals surface area (Å²) in [6.07, 6.45) is 8.49. The number of hydrogen-bond acceptors (Lipinski definition) is 6. The van der Waals surface area contributed by atoms with Gasteiger partial charge in [0.05, 0.1) is 0 Å². The van der Waals surface area contributed by atoms with Gasteiger partial charge in [-0.25, -0.2) is 9.97 Å². The van der Waals surface area contributed by atoms with Crippen molar-refractivity contribution in [1.29, 1.82) is 0 Å². The summed E-state index contributed by atoms with van der Waals surface area (Å²) in [6, 6.07) is 0.454. The lowest BCUT2D eigenvalue weighted by Crippen LogP contribution is -2.37. The average molecular weight is 313 g/mol. The molecule has 4 rings (SSSR count). The van der Waals surface area contributed by atoms with Crippen LogP contribution in [0.5, 0.6) is 0 Å². The Balaban J connectivity index is 1.33. The molecule has 0 aromatic carbocycles. The highest BCUT2D eigenvalue weighted by molar-refractivity contribution is 5.30. The fourth-order valence-corrected chi connectivity index (χ4v) is 3.41. The van der Waals surface area contributed by atoms with Crippen LogP contribution >= 0.6 is 0 Å². The zero-order chi connectivity index (χ0) is 15.6. The molecule has 1 fully saturated rings. The molecule has 7 nitrogen and oxygen atoms in total. The van der Waals surface area contributed by atoms with Gasteiger partial charge in [0.25, 0.3) is 0 Å². The van der Waals surface area contributed by atoms with Crippen molar-refractivity contribution in [1.82, 2.24) is 30.0 Å². The highest BCUT2D eigenvalue weighted by atomic mass is 15.3. The Labute approximate surface area is 136 Å². The van der Waals surface area contributed by atoms with E-state index >= 15 is 0 Å². The molecule has 0 radical (unpaired) electrons. The number of fused-ring (bicyclic) bond motifs is 1. The Bertz CT molecular complexity index is 658. The fourth-order valence-electron chi connectivity index (χ4n) is 3.41. The quantitative estimate of drug-likeness (QED) is 0.911. The Hall–Kier alpha value is -2.02. The maximum atomic E-state index is 4.52. The number of aryl methyl sites for hydroxylation is 2. The van der Waals surface area contributed by atoms with Crippen LogP contribution in [0, 0.1) is 6.92 Å². The van der Waals surface area contributed by atoms with Crippen molar-refractivity contribution >= 4 is 5.95 Å². The van der Waals surface area contributed by atoms with Crippen LogP contribution in [0.15, 0.2) is 12.4 Å². The molecule has 0 bridgehead atoms.